The van der Waals surface area contributed by atoms with Crippen molar-refractivity contribution < 1.29 is 9.18 Å². The van der Waals surface area contributed by atoms with Gasteiger partial charge in [-0.2, -0.15) is 15.4 Å². The van der Waals surface area contributed by atoms with E-state index in [9.17, 15) is 9.18 Å². The third-order valence-corrected chi connectivity index (χ3v) is 4.34. The Labute approximate surface area is 117 Å². The second kappa shape index (κ2) is 4.69. The number of nitrogens with zero attached hydrogens (tertiary/aromatic N) is 2. The van der Waals surface area contributed by atoms with Gasteiger partial charge in [-0.3, -0.25) is 4.79 Å². The highest BCUT2D eigenvalue weighted by Gasteiger charge is 2.19. The van der Waals surface area contributed by atoms with E-state index in [0.717, 1.165) is 3.57 Å². The number of carbonyl (C=O) groups is 1. The van der Waals surface area contributed by atoms with Crippen LogP contribution in [0.3, 0.4) is 0 Å². The van der Waals surface area contributed by atoms with Crippen molar-refractivity contribution in [1.82, 2.24) is 15.4 Å². The summed E-state index contributed by atoms with van der Waals surface area (Å²) in [6.07, 6.45) is 0. The molecule has 0 atom stereocenters. The quantitative estimate of drug-likeness (QED) is 0.587. The first-order chi connectivity index (χ1) is 8.00. The summed E-state index contributed by atoms with van der Waals surface area (Å²) in [5.41, 5.74) is 5.33. The maximum absolute atomic E-state index is 13.8. The van der Waals surface area contributed by atoms with Crippen LogP contribution in [-0.2, 0) is 0 Å². The van der Waals surface area contributed by atoms with Crippen LogP contribution in [0.15, 0.2) is 16.6 Å². The van der Waals surface area contributed by atoms with Gasteiger partial charge in [0, 0.05) is 13.6 Å². The van der Waals surface area contributed by atoms with Crippen molar-refractivity contribution in [2.45, 2.75) is 0 Å². The lowest BCUT2D eigenvalue weighted by molar-refractivity contribution is 0.0996. The molecule has 0 aliphatic rings. The first-order valence-corrected chi connectivity index (χ1v) is 6.23. The van der Waals surface area contributed by atoms with Crippen molar-refractivity contribution in [3.05, 3.63) is 31.7 Å². The molecule has 0 spiro atoms. The standard InChI is InChI=1S/C9H5BrFIN4O/c10-4-2-5(11)3(1-6(4)12)7-8(9(13)17)15-16-14-7/h1-2H,(H2,13,17)(H,14,15,16). The summed E-state index contributed by atoms with van der Waals surface area (Å²) in [7, 11) is 0. The van der Waals surface area contributed by atoms with Crippen LogP contribution in [0.5, 0.6) is 0 Å². The Hall–Kier alpha value is -1.03. The number of nitrogens with one attached hydrogen (secondary N) is 1. The molecule has 1 heterocycles. The van der Waals surface area contributed by atoms with Crippen molar-refractivity contribution in [3.63, 3.8) is 0 Å². The molecule has 0 saturated carbocycles. The third-order valence-electron chi connectivity index (χ3n) is 2.05. The predicted molar refractivity (Wildman–Crippen MR) is 70.7 cm³/mol. The van der Waals surface area contributed by atoms with Gasteiger partial charge in [-0.15, -0.1) is 0 Å². The van der Waals surface area contributed by atoms with Gasteiger partial charge in [0.15, 0.2) is 5.69 Å². The van der Waals surface area contributed by atoms with Crippen molar-refractivity contribution in [2.24, 2.45) is 5.73 Å². The molecule has 0 aliphatic carbocycles. The minimum absolute atomic E-state index is 0.0815. The number of amides is 1. The molecule has 1 aromatic carbocycles. The Bertz CT molecular complexity index is 601. The summed E-state index contributed by atoms with van der Waals surface area (Å²) in [4.78, 5) is 11.1. The van der Waals surface area contributed by atoms with Crippen LogP contribution in [0.1, 0.15) is 10.5 Å². The molecule has 0 bridgehead atoms. The van der Waals surface area contributed by atoms with Crippen LogP contribution in [0, 0.1) is 9.39 Å². The number of hydrogen-bond acceptors (Lipinski definition) is 3. The van der Waals surface area contributed by atoms with Crippen LogP contribution in [0.4, 0.5) is 4.39 Å². The van der Waals surface area contributed by atoms with E-state index in [4.69, 9.17) is 5.73 Å². The molecule has 0 fully saturated rings. The molecule has 88 valence electrons. The van der Waals surface area contributed by atoms with Gasteiger partial charge < -0.3 is 5.73 Å². The maximum Gasteiger partial charge on any atom is 0.271 e. The van der Waals surface area contributed by atoms with Gasteiger partial charge >= 0.3 is 0 Å². The molecule has 1 amide bonds. The summed E-state index contributed by atoms with van der Waals surface area (Å²) in [5, 5.41) is 9.60. The fourth-order valence-electron chi connectivity index (χ4n) is 1.29. The van der Waals surface area contributed by atoms with Crippen molar-refractivity contribution in [3.8, 4) is 11.3 Å². The van der Waals surface area contributed by atoms with Gasteiger partial charge in [-0.05, 0) is 50.7 Å². The predicted octanol–water partition coefficient (Wildman–Crippen LogP) is 2.08. The molecular weight excluding hydrogens is 406 g/mol. The Balaban J connectivity index is 2.64. The average molecular weight is 411 g/mol. The number of H-pyrrole nitrogens is 1. The molecule has 0 unspecified atom stereocenters. The van der Waals surface area contributed by atoms with Crippen LogP contribution in [0.25, 0.3) is 11.3 Å². The van der Waals surface area contributed by atoms with E-state index in [1.54, 1.807) is 6.07 Å². The van der Waals surface area contributed by atoms with Crippen LogP contribution in [-0.4, -0.2) is 21.3 Å². The minimum Gasteiger partial charge on any atom is -0.364 e. The zero-order chi connectivity index (χ0) is 12.6. The fraction of sp³-hybridized carbons (Fsp3) is 0. The summed E-state index contributed by atoms with van der Waals surface area (Å²) in [6.45, 7) is 0. The van der Waals surface area contributed by atoms with E-state index < -0.39 is 11.7 Å². The van der Waals surface area contributed by atoms with E-state index in [-0.39, 0.29) is 17.0 Å². The van der Waals surface area contributed by atoms with E-state index in [0.29, 0.717) is 4.47 Å². The lowest BCUT2D eigenvalue weighted by Gasteiger charge is -2.03. The third kappa shape index (κ3) is 2.32. The number of hydrogen-bond donors (Lipinski definition) is 2. The van der Waals surface area contributed by atoms with E-state index in [2.05, 4.69) is 31.3 Å². The minimum atomic E-state index is -0.758. The number of aromatic nitrogens is 3. The molecule has 5 nitrogen and oxygen atoms in total. The topological polar surface area (TPSA) is 84.7 Å². The summed E-state index contributed by atoms with van der Waals surface area (Å²) < 4.78 is 15.2. The number of rotatable bonds is 2. The molecule has 1 aromatic heterocycles. The number of primary amides is 1. The Morgan fingerprint density at radius 3 is 2.82 bits per heavy atom. The SMILES string of the molecule is NC(=O)c1n[nH]nc1-c1cc(I)c(Br)cc1F. The highest BCUT2D eigenvalue weighted by molar-refractivity contribution is 14.1. The van der Waals surface area contributed by atoms with Gasteiger partial charge in [0.05, 0.1) is 0 Å². The van der Waals surface area contributed by atoms with Crippen LogP contribution in [0.2, 0.25) is 0 Å². The molecule has 2 aromatic rings. The molecule has 3 N–H and O–H groups in total. The molecule has 0 radical (unpaired) electrons. The average Bonchev–Trinajstić information content (AvgIpc) is 2.72. The van der Waals surface area contributed by atoms with Gasteiger partial charge in [-0.1, -0.05) is 0 Å². The van der Waals surface area contributed by atoms with Crippen LogP contribution < -0.4 is 5.73 Å². The molecule has 0 aliphatic heterocycles. The molecular formula is C9H5BrFIN4O. The lowest BCUT2D eigenvalue weighted by atomic mass is 10.1. The number of aromatic amines is 1. The molecule has 8 heteroatoms. The lowest BCUT2D eigenvalue weighted by Crippen LogP contribution is -2.13. The van der Waals surface area contributed by atoms with E-state index >= 15 is 0 Å². The highest BCUT2D eigenvalue weighted by Crippen LogP contribution is 2.29. The number of carbonyl (C=O) groups excluding carboxylic acids is 1. The zero-order valence-corrected chi connectivity index (χ0v) is 11.9. The molecule has 17 heavy (non-hydrogen) atoms. The maximum atomic E-state index is 13.8. The molecule has 2 rings (SSSR count). The Kier molecular flexibility index (Phi) is 3.43. The summed E-state index contributed by atoms with van der Waals surface area (Å²) in [6, 6.07) is 2.86. The van der Waals surface area contributed by atoms with Crippen molar-refractivity contribution in [1.29, 1.82) is 0 Å². The fourth-order valence-corrected chi connectivity index (χ4v) is 2.08. The Morgan fingerprint density at radius 1 is 1.47 bits per heavy atom. The van der Waals surface area contributed by atoms with Crippen LogP contribution >= 0.6 is 38.5 Å². The van der Waals surface area contributed by atoms with Gasteiger partial charge in [0.25, 0.3) is 5.91 Å². The van der Waals surface area contributed by atoms with Crippen molar-refractivity contribution in [2.75, 3.05) is 0 Å². The largest absolute Gasteiger partial charge is 0.364 e. The van der Waals surface area contributed by atoms with Gasteiger partial charge in [0.2, 0.25) is 0 Å². The monoisotopic (exact) mass is 410 g/mol. The first-order valence-electron chi connectivity index (χ1n) is 4.36. The van der Waals surface area contributed by atoms with Crippen molar-refractivity contribution >= 4 is 44.4 Å². The first kappa shape index (κ1) is 12.4. The highest BCUT2D eigenvalue weighted by atomic mass is 127. The summed E-state index contributed by atoms with van der Waals surface area (Å²) >= 11 is 5.24. The zero-order valence-electron chi connectivity index (χ0n) is 8.17. The second-order valence-electron chi connectivity index (χ2n) is 3.13. The number of nitrogens with two attached hydrogens (primary N) is 1. The number of benzene rings is 1. The van der Waals surface area contributed by atoms with Gasteiger partial charge in [-0.25, -0.2) is 4.39 Å². The second-order valence-corrected chi connectivity index (χ2v) is 5.15. The normalized spacial score (nSPS) is 10.5. The number of halogens is 3. The van der Waals surface area contributed by atoms with Gasteiger partial charge in [0.1, 0.15) is 11.5 Å². The smallest absolute Gasteiger partial charge is 0.271 e. The van der Waals surface area contributed by atoms with E-state index in [1.165, 1.54) is 6.07 Å². The summed E-state index contributed by atoms with van der Waals surface area (Å²) in [5.74, 6) is -1.26. The van der Waals surface area contributed by atoms with E-state index in [1.807, 2.05) is 22.6 Å². The Morgan fingerprint density at radius 2 is 2.18 bits per heavy atom. The molecule has 0 saturated heterocycles.